The maximum absolute atomic E-state index is 6.21. The molecule has 27 heavy (non-hydrogen) atoms. The number of guanidine groups is 1. The van der Waals surface area contributed by atoms with E-state index < -0.39 is 0 Å². The van der Waals surface area contributed by atoms with Crippen molar-refractivity contribution in [3.05, 3.63) is 60.9 Å². The van der Waals surface area contributed by atoms with Gasteiger partial charge in [-0.05, 0) is 6.07 Å². The van der Waals surface area contributed by atoms with Crippen LogP contribution in [0.15, 0.2) is 64.6 Å². The van der Waals surface area contributed by atoms with E-state index >= 15 is 0 Å². The molecule has 0 amide bonds. The molecular weight excluding hydrogens is 342 g/mol. The van der Waals surface area contributed by atoms with Crippen LogP contribution in [0.5, 0.6) is 0 Å². The number of nitrogens with two attached hydrogens (primary N) is 1. The van der Waals surface area contributed by atoms with E-state index in [0.29, 0.717) is 12.5 Å². The average molecular weight is 363 g/mol. The highest BCUT2D eigenvalue weighted by Gasteiger charge is 2.20. The predicted octanol–water partition coefficient (Wildman–Crippen LogP) is 1.77. The fourth-order valence-electron chi connectivity index (χ4n) is 3.05. The molecule has 1 fully saturated rings. The van der Waals surface area contributed by atoms with Gasteiger partial charge in [0.2, 0.25) is 5.95 Å². The van der Waals surface area contributed by atoms with Crippen molar-refractivity contribution in [2.45, 2.75) is 6.54 Å². The van der Waals surface area contributed by atoms with Gasteiger partial charge in [0.25, 0.3) is 0 Å². The van der Waals surface area contributed by atoms with Crippen LogP contribution >= 0.6 is 0 Å². The lowest BCUT2D eigenvalue weighted by atomic mass is 10.1. The van der Waals surface area contributed by atoms with Gasteiger partial charge in [0, 0.05) is 44.1 Å². The Kier molecular flexibility index (Phi) is 4.95. The Labute approximate surface area is 157 Å². The zero-order valence-electron chi connectivity index (χ0n) is 14.9. The number of hydrogen-bond acceptors (Lipinski definition) is 6. The van der Waals surface area contributed by atoms with Crippen LogP contribution in [0.1, 0.15) is 5.69 Å². The van der Waals surface area contributed by atoms with Crippen molar-refractivity contribution in [1.29, 1.82) is 0 Å². The number of rotatable bonds is 4. The smallest absolute Gasteiger partial charge is 0.225 e. The van der Waals surface area contributed by atoms with Gasteiger partial charge in [-0.3, -0.25) is 0 Å². The Morgan fingerprint density at radius 1 is 1.00 bits per heavy atom. The molecule has 1 aromatic carbocycles. The molecule has 4 rings (SSSR count). The molecule has 1 aliphatic heterocycles. The van der Waals surface area contributed by atoms with Gasteiger partial charge >= 0.3 is 0 Å². The predicted molar refractivity (Wildman–Crippen MR) is 103 cm³/mol. The molecule has 0 spiro atoms. The number of aromatic nitrogens is 3. The summed E-state index contributed by atoms with van der Waals surface area (Å²) in [5.74, 6) is 2.01. The quantitative estimate of drug-likeness (QED) is 0.557. The second-order valence-electron chi connectivity index (χ2n) is 6.19. The Morgan fingerprint density at radius 2 is 1.74 bits per heavy atom. The van der Waals surface area contributed by atoms with Crippen LogP contribution in [0, 0.1) is 0 Å². The lowest BCUT2D eigenvalue weighted by molar-refractivity contribution is 0.378. The normalized spacial score (nSPS) is 15.2. The minimum atomic E-state index is 0.384. The summed E-state index contributed by atoms with van der Waals surface area (Å²) in [6, 6.07) is 11.7. The summed E-state index contributed by atoms with van der Waals surface area (Å²) < 4.78 is 5.54. The third-order valence-electron chi connectivity index (χ3n) is 4.51. The first-order valence-corrected chi connectivity index (χ1v) is 8.86. The third kappa shape index (κ3) is 3.89. The third-order valence-corrected chi connectivity index (χ3v) is 4.51. The highest BCUT2D eigenvalue weighted by atomic mass is 16.3. The monoisotopic (exact) mass is 363 g/mol. The first kappa shape index (κ1) is 17.0. The van der Waals surface area contributed by atoms with E-state index in [1.807, 2.05) is 36.4 Å². The molecule has 0 atom stereocenters. The van der Waals surface area contributed by atoms with Gasteiger partial charge in [-0.2, -0.15) is 0 Å². The lowest BCUT2D eigenvalue weighted by Gasteiger charge is -2.35. The number of piperazine rings is 1. The Hall–Kier alpha value is -3.42. The Balaban J connectivity index is 1.38. The summed E-state index contributed by atoms with van der Waals surface area (Å²) in [4.78, 5) is 21.6. The summed E-state index contributed by atoms with van der Waals surface area (Å²) in [6.07, 6.45) is 4.96. The standard InChI is InChI=1S/C19H21N7O/c20-18(25-9-11-26(12-10-25)19-21-7-4-8-22-19)23-13-16-17(27-14-24-16)15-5-2-1-3-6-15/h1-8,14H,9-13H2,(H2,20,23). The average Bonchev–Trinajstić information content (AvgIpc) is 3.22. The van der Waals surface area contributed by atoms with E-state index in [9.17, 15) is 0 Å². The fraction of sp³-hybridized carbons (Fsp3) is 0.263. The molecule has 0 saturated carbocycles. The molecule has 8 nitrogen and oxygen atoms in total. The molecule has 3 heterocycles. The van der Waals surface area contributed by atoms with Gasteiger partial charge in [0.15, 0.2) is 18.1 Å². The van der Waals surface area contributed by atoms with Crippen LogP contribution in [-0.4, -0.2) is 52.0 Å². The van der Waals surface area contributed by atoms with Gasteiger partial charge in [0.05, 0.1) is 6.54 Å². The van der Waals surface area contributed by atoms with Gasteiger partial charge in [-0.25, -0.2) is 19.9 Å². The van der Waals surface area contributed by atoms with Gasteiger partial charge < -0.3 is 20.0 Å². The van der Waals surface area contributed by atoms with Gasteiger partial charge in [0.1, 0.15) is 5.69 Å². The number of aliphatic imine (C=N–C) groups is 1. The number of nitrogens with zero attached hydrogens (tertiary/aromatic N) is 6. The van der Waals surface area contributed by atoms with Crippen molar-refractivity contribution in [2.24, 2.45) is 10.7 Å². The minimum absolute atomic E-state index is 0.384. The molecule has 8 heteroatoms. The van der Waals surface area contributed by atoms with E-state index in [2.05, 4.69) is 29.7 Å². The second kappa shape index (κ2) is 7.86. The SMILES string of the molecule is NC(=NCc1ncoc1-c1ccccc1)N1CCN(c2ncccn2)CC1. The van der Waals surface area contributed by atoms with E-state index in [1.165, 1.54) is 6.39 Å². The van der Waals surface area contributed by atoms with Crippen LogP contribution in [0.2, 0.25) is 0 Å². The number of anilines is 1. The molecule has 2 N–H and O–H groups in total. The molecule has 2 aromatic heterocycles. The highest BCUT2D eigenvalue weighted by Crippen LogP contribution is 2.23. The molecular formula is C19H21N7O. The summed E-state index contributed by atoms with van der Waals surface area (Å²) in [6.45, 7) is 3.55. The molecule has 0 unspecified atom stereocenters. The number of hydrogen-bond donors (Lipinski definition) is 1. The minimum Gasteiger partial charge on any atom is -0.443 e. The van der Waals surface area contributed by atoms with E-state index in [0.717, 1.165) is 49.1 Å². The fourth-order valence-corrected chi connectivity index (χ4v) is 3.05. The maximum atomic E-state index is 6.21. The molecule has 1 saturated heterocycles. The van der Waals surface area contributed by atoms with Crippen molar-refractivity contribution in [3.63, 3.8) is 0 Å². The van der Waals surface area contributed by atoms with Crippen LogP contribution in [0.3, 0.4) is 0 Å². The van der Waals surface area contributed by atoms with Crippen molar-refractivity contribution in [3.8, 4) is 11.3 Å². The molecule has 138 valence electrons. The molecule has 0 bridgehead atoms. The first-order valence-electron chi connectivity index (χ1n) is 8.86. The Morgan fingerprint density at radius 3 is 2.48 bits per heavy atom. The van der Waals surface area contributed by atoms with Crippen molar-refractivity contribution in [2.75, 3.05) is 31.1 Å². The lowest BCUT2D eigenvalue weighted by Crippen LogP contribution is -2.51. The van der Waals surface area contributed by atoms with Gasteiger partial charge in [-0.15, -0.1) is 0 Å². The summed E-state index contributed by atoms with van der Waals surface area (Å²) in [5.41, 5.74) is 7.97. The van der Waals surface area contributed by atoms with Crippen molar-refractivity contribution in [1.82, 2.24) is 19.9 Å². The van der Waals surface area contributed by atoms with Crippen LogP contribution in [0.25, 0.3) is 11.3 Å². The van der Waals surface area contributed by atoms with Crippen molar-refractivity contribution >= 4 is 11.9 Å². The van der Waals surface area contributed by atoms with E-state index in [1.54, 1.807) is 12.4 Å². The zero-order valence-corrected chi connectivity index (χ0v) is 14.9. The summed E-state index contributed by atoms with van der Waals surface area (Å²) >= 11 is 0. The van der Waals surface area contributed by atoms with Crippen LogP contribution < -0.4 is 10.6 Å². The van der Waals surface area contributed by atoms with Crippen molar-refractivity contribution < 1.29 is 4.42 Å². The second-order valence-corrected chi connectivity index (χ2v) is 6.19. The maximum Gasteiger partial charge on any atom is 0.225 e. The Bertz CT molecular complexity index is 887. The van der Waals surface area contributed by atoms with Crippen LogP contribution in [-0.2, 0) is 6.54 Å². The van der Waals surface area contributed by atoms with Crippen LogP contribution in [0.4, 0.5) is 5.95 Å². The van der Waals surface area contributed by atoms with E-state index in [4.69, 9.17) is 10.2 Å². The van der Waals surface area contributed by atoms with Gasteiger partial charge in [-0.1, -0.05) is 30.3 Å². The molecule has 0 aliphatic carbocycles. The van der Waals surface area contributed by atoms with E-state index in [-0.39, 0.29) is 0 Å². The molecule has 0 radical (unpaired) electrons. The molecule has 1 aliphatic rings. The number of benzene rings is 1. The number of oxazole rings is 1. The first-order chi connectivity index (χ1) is 13.3. The largest absolute Gasteiger partial charge is 0.443 e. The molecule has 3 aromatic rings. The topological polar surface area (TPSA) is 96.7 Å². The highest BCUT2D eigenvalue weighted by molar-refractivity contribution is 5.78. The summed E-state index contributed by atoms with van der Waals surface area (Å²) in [7, 11) is 0. The summed E-state index contributed by atoms with van der Waals surface area (Å²) in [5, 5.41) is 0. The zero-order chi connectivity index (χ0) is 18.5.